The Balaban J connectivity index is 2.15. The highest BCUT2D eigenvalue weighted by atomic mass is 16.3. The summed E-state index contributed by atoms with van der Waals surface area (Å²) in [7, 11) is 1.90. The molecule has 20 heavy (non-hydrogen) atoms. The molecule has 1 aliphatic heterocycles. The van der Waals surface area contributed by atoms with Crippen molar-refractivity contribution in [3.63, 3.8) is 0 Å². The second-order valence-electron chi connectivity index (χ2n) is 5.49. The van der Waals surface area contributed by atoms with Crippen molar-refractivity contribution in [1.82, 2.24) is 9.97 Å². The topological polar surface area (TPSA) is 61.3 Å². The first-order valence-corrected chi connectivity index (χ1v) is 7.68. The number of nitrogens with zero attached hydrogens (tertiary/aromatic N) is 3. The van der Waals surface area contributed by atoms with Crippen LogP contribution in [-0.2, 0) is 6.42 Å². The smallest absolute Gasteiger partial charge is 0.134 e. The van der Waals surface area contributed by atoms with E-state index in [9.17, 15) is 0 Å². The zero-order chi connectivity index (χ0) is 14.4. The molecule has 1 fully saturated rings. The van der Waals surface area contributed by atoms with Crippen LogP contribution in [0.2, 0.25) is 0 Å². The largest absolute Gasteiger partial charge is 0.396 e. The summed E-state index contributed by atoms with van der Waals surface area (Å²) in [4.78, 5) is 11.5. The number of rotatable bonds is 6. The molecule has 0 radical (unpaired) electrons. The van der Waals surface area contributed by atoms with Gasteiger partial charge < -0.3 is 15.3 Å². The highest BCUT2D eigenvalue weighted by Gasteiger charge is 2.21. The third kappa shape index (κ3) is 3.82. The molecule has 1 aromatic heterocycles. The summed E-state index contributed by atoms with van der Waals surface area (Å²) in [6.07, 6.45) is 5.24. The molecule has 5 nitrogen and oxygen atoms in total. The summed E-state index contributed by atoms with van der Waals surface area (Å²) < 4.78 is 0. The SMILES string of the molecule is CCCc1nc(NC)cc(N2CCCC(CCO)C2)n1. The Morgan fingerprint density at radius 2 is 2.30 bits per heavy atom. The summed E-state index contributed by atoms with van der Waals surface area (Å²) in [6.45, 7) is 4.47. The molecule has 5 heteroatoms. The first kappa shape index (κ1) is 15.0. The van der Waals surface area contributed by atoms with Crippen LogP contribution in [0.4, 0.5) is 11.6 Å². The Morgan fingerprint density at radius 1 is 1.45 bits per heavy atom. The Morgan fingerprint density at radius 3 is 3.00 bits per heavy atom. The Kier molecular flexibility index (Phi) is 5.59. The average molecular weight is 278 g/mol. The molecule has 2 heterocycles. The number of aryl methyl sites for hydroxylation is 1. The molecule has 1 aliphatic rings. The second-order valence-corrected chi connectivity index (χ2v) is 5.49. The van der Waals surface area contributed by atoms with Gasteiger partial charge in [-0.05, 0) is 31.6 Å². The number of aliphatic hydroxyl groups excluding tert-OH is 1. The fourth-order valence-corrected chi connectivity index (χ4v) is 2.80. The molecule has 2 N–H and O–H groups in total. The van der Waals surface area contributed by atoms with Gasteiger partial charge in [-0.1, -0.05) is 6.92 Å². The van der Waals surface area contributed by atoms with Gasteiger partial charge in [0.05, 0.1) is 0 Å². The van der Waals surface area contributed by atoms with Crippen molar-refractivity contribution < 1.29 is 5.11 Å². The number of aliphatic hydroxyl groups is 1. The van der Waals surface area contributed by atoms with Gasteiger partial charge in [-0.25, -0.2) is 9.97 Å². The molecular formula is C15H26N4O. The number of aromatic nitrogens is 2. The van der Waals surface area contributed by atoms with Gasteiger partial charge in [-0.15, -0.1) is 0 Å². The van der Waals surface area contributed by atoms with Crippen molar-refractivity contribution in [1.29, 1.82) is 0 Å². The van der Waals surface area contributed by atoms with Gasteiger partial charge in [-0.3, -0.25) is 0 Å². The van der Waals surface area contributed by atoms with E-state index in [0.717, 1.165) is 49.8 Å². The van der Waals surface area contributed by atoms with Gasteiger partial charge in [-0.2, -0.15) is 0 Å². The molecule has 0 amide bonds. The molecule has 1 aromatic rings. The lowest BCUT2D eigenvalue weighted by Crippen LogP contribution is -2.36. The van der Waals surface area contributed by atoms with E-state index in [0.29, 0.717) is 5.92 Å². The van der Waals surface area contributed by atoms with E-state index in [4.69, 9.17) is 10.1 Å². The highest BCUT2D eigenvalue weighted by Crippen LogP contribution is 2.25. The molecule has 1 unspecified atom stereocenters. The number of piperidine rings is 1. The summed E-state index contributed by atoms with van der Waals surface area (Å²) in [5.74, 6) is 3.41. The summed E-state index contributed by atoms with van der Waals surface area (Å²) >= 11 is 0. The van der Waals surface area contributed by atoms with Crippen LogP contribution in [0.5, 0.6) is 0 Å². The quantitative estimate of drug-likeness (QED) is 0.834. The Bertz CT molecular complexity index is 422. The van der Waals surface area contributed by atoms with Gasteiger partial charge in [0.15, 0.2) is 0 Å². The molecule has 0 saturated carbocycles. The number of nitrogens with one attached hydrogen (secondary N) is 1. The minimum atomic E-state index is 0.283. The standard InChI is InChI=1S/C15H26N4O/c1-3-5-13-17-14(16-2)10-15(18-13)19-8-4-6-12(11-19)7-9-20/h10,12,20H,3-9,11H2,1-2H3,(H,16,17,18). The monoisotopic (exact) mass is 278 g/mol. The third-order valence-electron chi connectivity index (χ3n) is 3.87. The summed E-state index contributed by atoms with van der Waals surface area (Å²) in [6, 6.07) is 2.03. The minimum Gasteiger partial charge on any atom is -0.396 e. The highest BCUT2D eigenvalue weighted by molar-refractivity contribution is 5.49. The van der Waals surface area contributed by atoms with Crippen molar-refractivity contribution in [3.05, 3.63) is 11.9 Å². The van der Waals surface area contributed by atoms with Crippen LogP contribution < -0.4 is 10.2 Å². The fourth-order valence-electron chi connectivity index (χ4n) is 2.80. The van der Waals surface area contributed by atoms with Gasteiger partial charge >= 0.3 is 0 Å². The van der Waals surface area contributed by atoms with Crippen molar-refractivity contribution in [3.8, 4) is 0 Å². The zero-order valence-electron chi connectivity index (χ0n) is 12.6. The third-order valence-corrected chi connectivity index (χ3v) is 3.87. The van der Waals surface area contributed by atoms with Crippen molar-refractivity contribution in [2.24, 2.45) is 5.92 Å². The summed E-state index contributed by atoms with van der Waals surface area (Å²) in [5.41, 5.74) is 0. The van der Waals surface area contributed by atoms with Crippen LogP contribution in [0, 0.1) is 5.92 Å². The average Bonchev–Trinajstić information content (AvgIpc) is 2.48. The predicted octanol–water partition coefficient (Wildman–Crippen LogP) is 2.07. The van der Waals surface area contributed by atoms with Crippen LogP contribution >= 0.6 is 0 Å². The van der Waals surface area contributed by atoms with E-state index in [-0.39, 0.29) is 6.61 Å². The molecule has 0 spiro atoms. The first-order valence-electron chi connectivity index (χ1n) is 7.68. The molecule has 2 rings (SSSR count). The second kappa shape index (κ2) is 7.43. The van der Waals surface area contributed by atoms with Crippen LogP contribution in [-0.4, -0.2) is 41.8 Å². The summed E-state index contributed by atoms with van der Waals surface area (Å²) in [5, 5.41) is 12.2. The Hall–Kier alpha value is -1.36. The van der Waals surface area contributed by atoms with Crippen LogP contribution in [0.15, 0.2) is 6.07 Å². The number of hydrogen-bond donors (Lipinski definition) is 2. The van der Waals surface area contributed by atoms with Crippen LogP contribution in [0.1, 0.15) is 38.4 Å². The molecule has 1 atom stereocenters. The van der Waals surface area contributed by atoms with Crippen molar-refractivity contribution >= 4 is 11.6 Å². The lowest BCUT2D eigenvalue weighted by Gasteiger charge is -2.33. The molecule has 0 aromatic carbocycles. The molecule has 112 valence electrons. The maximum absolute atomic E-state index is 9.12. The lowest BCUT2D eigenvalue weighted by molar-refractivity contribution is 0.244. The molecule has 0 aliphatic carbocycles. The van der Waals surface area contributed by atoms with Crippen LogP contribution in [0.25, 0.3) is 0 Å². The lowest BCUT2D eigenvalue weighted by atomic mass is 9.95. The number of hydrogen-bond acceptors (Lipinski definition) is 5. The van der Waals surface area contributed by atoms with Crippen LogP contribution in [0.3, 0.4) is 0 Å². The van der Waals surface area contributed by atoms with E-state index < -0.39 is 0 Å². The normalized spacial score (nSPS) is 19.1. The number of anilines is 2. The van der Waals surface area contributed by atoms with Gasteiger partial charge in [0.2, 0.25) is 0 Å². The van der Waals surface area contributed by atoms with Crippen molar-refractivity contribution in [2.45, 2.75) is 39.0 Å². The van der Waals surface area contributed by atoms with Gasteiger partial charge in [0.1, 0.15) is 17.5 Å². The predicted molar refractivity (Wildman–Crippen MR) is 82.2 cm³/mol. The van der Waals surface area contributed by atoms with E-state index in [1.165, 1.54) is 12.8 Å². The zero-order valence-corrected chi connectivity index (χ0v) is 12.6. The maximum Gasteiger partial charge on any atom is 0.134 e. The molecular weight excluding hydrogens is 252 g/mol. The fraction of sp³-hybridized carbons (Fsp3) is 0.733. The van der Waals surface area contributed by atoms with Gasteiger partial charge in [0.25, 0.3) is 0 Å². The Labute approximate surface area is 121 Å². The van der Waals surface area contributed by atoms with Crippen molar-refractivity contribution in [2.75, 3.05) is 37.0 Å². The van der Waals surface area contributed by atoms with Gasteiger partial charge in [0, 0.05) is 39.2 Å². The van der Waals surface area contributed by atoms with E-state index in [1.54, 1.807) is 0 Å². The van der Waals surface area contributed by atoms with E-state index >= 15 is 0 Å². The maximum atomic E-state index is 9.12. The molecule has 1 saturated heterocycles. The van der Waals surface area contributed by atoms with E-state index in [1.807, 2.05) is 13.1 Å². The minimum absolute atomic E-state index is 0.283. The molecule has 0 bridgehead atoms. The first-order chi connectivity index (χ1) is 9.76. The van der Waals surface area contributed by atoms with E-state index in [2.05, 4.69) is 22.1 Å².